The summed E-state index contributed by atoms with van der Waals surface area (Å²) in [6.45, 7) is 0.0664. The van der Waals surface area contributed by atoms with Crippen molar-refractivity contribution in [2.24, 2.45) is 0 Å². The summed E-state index contributed by atoms with van der Waals surface area (Å²) in [7, 11) is 0. The fraction of sp³-hybridized carbons (Fsp3) is 0.0714. The van der Waals surface area contributed by atoms with E-state index < -0.39 is 0 Å². The Morgan fingerprint density at radius 3 is 2.91 bits per heavy atom. The van der Waals surface area contributed by atoms with Crippen LogP contribution in [0.1, 0.15) is 0 Å². The molecule has 6 nitrogen and oxygen atoms in total. The highest BCUT2D eigenvalue weighted by Gasteiger charge is 2.13. The first-order valence-corrected chi connectivity index (χ1v) is 7.77. The molecule has 0 aliphatic heterocycles. The Labute approximate surface area is 135 Å². The third-order valence-electron chi connectivity index (χ3n) is 3.04. The summed E-state index contributed by atoms with van der Waals surface area (Å²) in [5, 5.41) is 11.6. The van der Waals surface area contributed by atoms with Crippen LogP contribution in [0, 0.1) is 4.77 Å². The first-order chi connectivity index (χ1) is 10.6. The van der Waals surface area contributed by atoms with Crippen LogP contribution in [0.2, 0.25) is 0 Å². The Hall–Kier alpha value is -2.45. The van der Waals surface area contributed by atoms with Crippen LogP contribution in [0.4, 0.5) is 11.4 Å². The van der Waals surface area contributed by atoms with Gasteiger partial charge < -0.3 is 11.1 Å². The monoisotopic (exact) mass is 331 g/mol. The molecule has 0 saturated carbocycles. The number of benzene rings is 1. The third kappa shape index (κ3) is 2.92. The first kappa shape index (κ1) is 14.5. The molecule has 1 amide bonds. The Morgan fingerprint density at radius 1 is 1.36 bits per heavy atom. The number of nitrogen functional groups attached to an aromatic ring is 1. The molecule has 0 atom stereocenters. The van der Waals surface area contributed by atoms with Crippen LogP contribution in [0.15, 0.2) is 41.8 Å². The van der Waals surface area contributed by atoms with Crippen molar-refractivity contribution in [3.8, 4) is 10.7 Å². The van der Waals surface area contributed by atoms with Gasteiger partial charge in [-0.15, -0.1) is 11.3 Å². The molecule has 3 aromatic rings. The molecule has 8 heteroatoms. The maximum Gasteiger partial charge on any atom is 0.244 e. The molecular formula is C14H13N5OS2. The van der Waals surface area contributed by atoms with Gasteiger partial charge >= 0.3 is 0 Å². The number of carbonyl (C=O) groups excluding carboxylic acids is 1. The zero-order valence-corrected chi connectivity index (χ0v) is 13.1. The molecule has 3 rings (SSSR count). The van der Waals surface area contributed by atoms with E-state index >= 15 is 0 Å². The van der Waals surface area contributed by atoms with Gasteiger partial charge in [0.15, 0.2) is 10.6 Å². The summed E-state index contributed by atoms with van der Waals surface area (Å²) in [6, 6.07) is 11.0. The van der Waals surface area contributed by atoms with Crippen LogP contribution in [-0.2, 0) is 11.3 Å². The summed E-state index contributed by atoms with van der Waals surface area (Å²) >= 11 is 6.74. The minimum absolute atomic E-state index is 0.0664. The number of nitrogens with zero attached hydrogens (tertiary/aromatic N) is 2. The number of anilines is 2. The number of nitrogens with one attached hydrogen (secondary N) is 2. The van der Waals surface area contributed by atoms with Gasteiger partial charge in [0, 0.05) is 0 Å². The van der Waals surface area contributed by atoms with Crippen molar-refractivity contribution in [3.63, 3.8) is 0 Å². The van der Waals surface area contributed by atoms with E-state index in [9.17, 15) is 4.79 Å². The molecule has 0 aliphatic carbocycles. The maximum absolute atomic E-state index is 12.2. The molecule has 112 valence electrons. The summed E-state index contributed by atoms with van der Waals surface area (Å²) in [5.41, 5.74) is 6.92. The molecule has 0 aliphatic rings. The van der Waals surface area contributed by atoms with Crippen molar-refractivity contribution in [3.05, 3.63) is 46.5 Å². The smallest absolute Gasteiger partial charge is 0.244 e. The number of hydrogen-bond donors (Lipinski definition) is 3. The zero-order valence-electron chi connectivity index (χ0n) is 11.4. The SMILES string of the molecule is Nc1ccccc1NC(=O)Cn1c(-c2cccs2)n[nH]c1=S. The minimum Gasteiger partial charge on any atom is -0.397 e. The highest BCUT2D eigenvalue weighted by atomic mass is 32.1. The van der Waals surface area contributed by atoms with Crippen LogP contribution in [0.5, 0.6) is 0 Å². The van der Waals surface area contributed by atoms with Gasteiger partial charge in [-0.2, -0.15) is 5.10 Å². The molecule has 0 unspecified atom stereocenters. The average Bonchev–Trinajstić information content (AvgIpc) is 3.12. The van der Waals surface area contributed by atoms with E-state index in [1.165, 1.54) is 11.3 Å². The highest BCUT2D eigenvalue weighted by Crippen LogP contribution is 2.23. The Morgan fingerprint density at radius 2 is 2.18 bits per heavy atom. The predicted octanol–water partition coefficient (Wildman–Crippen LogP) is 2.89. The van der Waals surface area contributed by atoms with Crippen molar-refractivity contribution in [1.82, 2.24) is 14.8 Å². The second-order valence-electron chi connectivity index (χ2n) is 4.55. The van der Waals surface area contributed by atoms with Crippen molar-refractivity contribution < 1.29 is 4.79 Å². The van der Waals surface area contributed by atoms with Gasteiger partial charge in [-0.3, -0.25) is 14.5 Å². The molecule has 2 aromatic heterocycles. The molecule has 22 heavy (non-hydrogen) atoms. The highest BCUT2D eigenvalue weighted by molar-refractivity contribution is 7.71. The normalized spacial score (nSPS) is 10.5. The van der Waals surface area contributed by atoms with Crippen LogP contribution >= 0.6 is 23.6 Å². The molecule has 2 heterocycles. The second-order valence-corrected chi connectivity index (χ2v) is 5.89. The van der Waals surface area contributed by atoms with Gasteiger partial charge in [0.05, 0.1) is 16.3 Å². The van der Waals surface area contributed by atoms with Crippen molar-refractivity contribution in [2.45, 2.75) is 6.54 Å². The van der Waals surface area contributed by atoms with Gasteiger partial charge in [0.1, 0.15) is 6.54 Å². The molecular weight excluding hydrogens is 318 g/mol. The first-order valence-electron chi connectivity index (χ1n) is 6.48. The number of hydrogen-bond acceptors (Lipinski definition) is 5. The van der Waals surface area contributed by atoms with E-state index in [0.717, 1.165) is 4.88 Å². The molecule has 0 bridgehead atoms. The number of thiophene rings is 1. The van der Waals surface area contributed by atoms with Gasteiger partial charge in [0.25, 0.3) is 0 Å². The maximum atomic E-state index is 12.2. The lowest BCUT2D eigenvalue weighted by Crippen LogP contribution is -2.20. The van der Waals surface area contributed by atoms with E-state index in [1.807, 2.05) is 29.6 Å². The molecule has 0 fully saturated rings. The van der Waals surface area contributed by atoms with Gasteiger partial charge in [-0.05, 0) is 35.8 Å². The number of aromatic amines is 1. The van der Waals surface area contributed by atoms with Crippen molar-refractivity contribution in [2.75, 3.05) is 11.1 Å². The lowest BCUT2D eigenvalue weighted by Gasteiger charge is -2.09. The van der Waals surface area contributed by atoms with E-state index in [4.69, 9.17) is 18.0 Å². The largest absolute Gasteiger partial charge is 0.397 e. The molecule has 0 radical (unpaired) electrons. The predicted molar refractivity (Wildman–Crippen MR) is 90.2 cm³/mol. The summed E-state index contributed by atoms with van der Waals surface area (Å²) in [6.07, 6.45) is 0. The summed E-state index contributed by atoms with van der Waals surface area (Å²) in [4.78, 5) is 13.2. The minimum atomic E-state index is -0.215. The van der Waals surface area contributed by atoms with Crippen LogP contribution in [0.3, 0.4) is 0 Å². The standard InChI is InChI=1S/C14H13N5OS2/c15-9-4-1-2-5-10(9)16-12(20)8-19-13(17-18-14(19)21)11-6-3-7-22-11/h1-7H,8,15H2,(H,16,20)(H,18,21). The number of carbonyl (C=O) groups is 1. The van der Waals surface area contributed by atoms with Crippen LogP contribution < -0.4 is 11.1 Å². The number of aromatic nitrogens is 3. The van der Waals surface area contributed by atoms with Crippen LogP contribution in [-0.4, -0.2) is 20.7 Å². The van der Waals surface area contributed by atoms with E-state index in [0.29, 0.717) is 22.0 Å². The lowest BCUT2D eigenvalue weighted by molar-refractivity contribution is -0.116. The summed E-state index contributed by atoms with van der Waals surface area (Å²) < 4.78 is 2.06. The molecule has 4 N–H and O–H groups in total. The van der Waals surface area contributed by atoms with E-state index in [1.54, 1.807) is 16.7 Å². The third-order valence-corrected chi connectivity index (χ3v) is 4.21. The number of para-hydroxylation sites is 2. The van der Waals surface area contributed by atoms with Gasteiger partial charge in [0.2, 0.25) is 5.91 Å². The lowest BCUT2D eigenvalue weighted by atomic mass is 10.2. The number of amides is 1. The number of H-pyrrole nitrogens is 1. The Bertz CT molecular complexity index is 850. The van der Waals surface area contributed by atoms with Crippen LogP contribution in [0.25, 0.3) is 10.7 Å². The number of rotatable bonds is 4. The number of nitrogens with two attached hydrogens (primary N) is 1. The van der Waals surface area contributed by atoms with Gasteiger partial charge in [-0.25, -0.2) is 0 Å². The average molecular weight is 331 g/mol. The Kier molecular flexibility index (Phi) is 4.03. The quantitative estimate of drug-likeness (QED) is 0.506. The Balaban J connectivity index is 1.82. The van der Waals surface area contributed by atoms with Crippen molar-refractivity contribution >= 4 is 40.8 Å². The molecule has 0 saturated heterocycles. The van der Waals surface area contributed by atoms with Gasteiger partial charge in [-0.1, -0.05) is 18.2 Å². The zero-order chi connectivity index (χ0) is 15.5. The van der Waals surface area contributed by atoms with Crippen molar-refractivity contribution in [1.29, 1.82) is 0 Å². The van der Waals surface area contributed by atoms with E-state index in [-0.39, 0.29) is 12.5 Å². The topological polar surface area (TPSA) is 88.7 Å². The second kappa shape index (κ2) is 6.12. The molecule has 0 spiro atoms. The fourth-order valence-corrected chi connectivity index (χ4v) is 2.92. The molecule has 1 aromatic carbocycles. The fourth-order valence-electron chi connectivity index (χ4n) is 2.00. The van der Waals surface area contributed by atoms with E-state index in [2.05, 4.69) is 15.5 Å². The summed E-state index contributed by atoms with van der Waals surface area (Å²) in [5.74, 6) is 0.435.